The number of nitrogens with zero attached hydrogens (tertiary/aromatic N) is 1. The van der Waals surface area contributed by atoms with Gasteiger partial charge in [0, 0.05) is 11.6 Å². The van der Waals surface area contributed by atoms with E-state index >= 15 is 0 Å². The maximum absolute atomic E-state index is 11.8. The molecule has 26 heavy (non-hydrogen) atoms. The Bertz CT molecular complexity index is 907. The minimum atomic E-state index is -0.340. The molecule has 0 aliphatic carbocycles. The van der Waals surface area contributed by atoms with Crippen LogP contribution < -0.4 is 11.1 Å². The lowest BCUT2D eigenvalue weighted by molar-refractivity contribution is -0.432. The van der Waals surface area contributed by atoms with E-state index in [1.54, 1.807) is 54.1 Å². The van der Waals surface area contributed by atoms with E-state index < -0.39 is 0 Å². The van der Waals surface area contributed by atoms with Crippen LogP contribution in [0.5, 0.6) is 0 Å². The SMILES string of the molecule is CCCOC(=O)c1ccc(-c2ccc(C=C3C(=O)NC(N)=[N+]3C)o2)cc1. The van der Waals surface area contributed by atoms with Gasteiger partial charge in [0.1, 0.15) is 11.5 Å². The third-order valence-corrected chi connectivity index (χ3v) is 3.95. The number of carbonyl (C=O) groups excluding carboxylic acids is 2. The fourth-order valence-electron chi connectivity index (χ4n) is 2.48. The van der Waals surface area contributed by atoms with E-state index in [9.17, 15) is 9.59 Å². The summed E-state index contributed by atoms with van der Waals surface area (Å²) in [5.41, 5.74) is 7.39. The molecule has 7 heteroatoms. The molecule has 0 fully saturated rings. The Morgan fingerprint density at radius 3 is 2.62 bits per heavy atom. The Hall–Kier alpha value is -3.35. The van der Waals surface area contributed by atoms with E-state index in [1.165, 1.54) is 0 Å². The average Bonchev–Trinajstić information content (AvgIpc) is 3.20. The standard InChI is InChI=1S/C19H19N3O4/c1-3-10-25-18(24)13-6-4-12(5-7-13)16-9-8-14(26-16)11-15-17(23)21-19(20)22(15)2/h4-9,11H,3,10H2,1-2H3,(H2,20,21,23)/p+1. The molecule has 1 aromatic carbocycles. The second kappa shape index (κ2) is 7.26. The second-order valence-corrected chi connectivity index (χ2v) is 5.84. The van der Waals surface area contributed by atoms with Crippen LogP contribution in [0.2, 0.25) is 0 Å². The number of benzene rings is 1. The number of hydrogen-bond acceptors (Lipinski definition) is 5. The summed E-state index contributed by atoms with van der Waals surface area (Å²) in [5.74, 6) is 0.810. The van der Waals surface area contributed by atoms with Gasteiger partial charge in [0.25, 0.3) is 0 Å². The molecule has 1 aliphatic heterocycles. The van der Waals surface area contributed by atoms with E-state index in [4.69, 9.17) is 14.9 Å². The van der Waals surface area contributed by atoms with Crippen LogP contribution in [0.4, 0.5) is 0 Å². The summed E-state index contributed by atoms with van der Waals surface area (Å²) in [7, 11) is 1.69. The van der Waals surface area contributed by atoms with Gasteiger partial charge in [-0.25, -0.2) is 19.5 Å². The summed E-state index contributed by atoms with van der Waals surface area (Å²) in [6.45, 7) is 2.35. The number of rotatable bonds is 5. The summed E-state index contributed by atoms with van der Waals surface area (Å²) in [6, 6.07) is 10.5. The fourth-order valence-corrected chi connectivity index (χ4v) is 2.48. The van der Waals surface area contributed by atoms with Crippen LogP contribution in [0.15, 0.2) is 46.5 Å². The smallest absolute Gasteiger partial charge is 0.356 e. The zero-order chi connectivity index (χ0) is 18.7. The second-order valence-electron chi connectivity index (χ2n) is 5.84. The third-order valence-electron chi connectivity index (χ3n) is 3.95. The van der Waals surface area contributed by atoms with E-state index in [-0.39, 0.29) is 17.8 Å². The first-order valence-electron chi connectivity index (χ1n) is 8.26. The molecule has 1 aliphatic rings. The molecular formula is C19H20N3O4+. The minimum Gasteiger partial charge on any atom is -0.462 e. The van der Waals surface area contributed by atoms with E-state index in [1.807, 2.05) is 6.92 Å². The molecule has 2 heterocycles. The number of ether oxygens (including phenoxy) is 1. The van der Waals surface area contributed by atoms with Gasteiger partial charge in [0.2, 0.25) is 0 Å². The number of furan rings is 1. The number of amides is 1. The van der Waals surface area contributed by atoms with Gasteiger partial charge in [-0.1, -0.05) is 19.1 Å². The largest absolute Gasteiger partial charge is 0.462 e. The van der Waals surface area contributed by atoms with E-state index in [0.29, 0.717) is 29.4 Å². The van der Waals surface area contributed by atoms with Crippen LogP contribution in [-0.2, 0) is 9.53 Å². The van der Waals surface area contributed by atoms with Crippen molar-refractivity contribution in [1.29, 1.82) is 0 Å². The zero-order valence-electron chi connectivity index (χ0n) is 14.6. The topological polar surface area (TPSA) is 97.6 Å². The van der Waals surface area contributed by atoms with Crippen molar-refractivity contribution in [3.05, 3.63) is 53.4 Å². The Morgan fingerprint density at radius 2 is 2.00 bits per heavy atom. The number of hydrogen-bond donors (Lipinski definition) is 2. The highest BCUT2D eigenvalue weighted by molar-refractivity contribution is 6.08. The molecule has 134 valence electrons. The van der Waals surface area contributed by atoms with Crippen LogP contribution in [0.1, 0.15) is 29.5 Å². The molecule has 2 aromatic rings. The summed E-state index contributed by atoms with van der Waals surface area (Å²) in [5, 5.41) is 2.53. The number of nitrogens with two attached hydrogens (primary N) is 1. The van der Waals surface area contributed by atoms with Gasteiger partial charge in [0.15, 0.2) is 5.70 Å². The first-order valence-corrected chi connectivity index (χ1v) is 8.26. The maximum atomic E-state index is 11.8. The highest BCUT2D eigenvalue weighted by Crippen LogP contribution is 2.24. The zero-order valence-corrected chi connectivity index (χ0v) is 14.6. The summed E-state index contributed by atoms with van der Waals surface area (Å²) in [6.07, 6.45) is 2.40. The molecule has 0 saturated heterocycles. The van der Waals surface area contributed by atoms with Crippen LogP contribution in [0, 0.1) is 0 Å². The molecule has 0 spiro atoms. The van der Waals surface area contributed by atoms with Gasteiger partial charge < -0.3 is 9.15 Å². The molecule has 3 rings (SSSR count). The van der Waals surface area contributed by atoms with Crippen molar-refractivity contribution in [3.8, 4) is 11.3 Å². The summed E-state index contributed by atoms with van der Waals surface area (Å²) >= 11 is 0. The summed E-state index contributed by atoms with van der Waals surface area (Å²) in [4.78, 5) is 23.7. The molecule has 0 unspecified atom stereocenters. The molecule has 0 atom stereocenters. The van der Waals surface area contributed by atoms with Crippen LogP contribution in [0.3, 0.4) is 0 Å². The molecule has 1 aromatic heterocycles. The third kappa shape index (κ3) is 3.51. The first kappa shape index (κ1) is 17.5. The Kier molecular flexibility index (Phi) is 4.88. The monoisotopic (exact) mass is 354 g/mol. The molecule has 1 amide bonds. The Labute approximate surface area is 150 Å². The first-order chi connectivity index (χ1) is 12.5. The molecule has 0 saturated carbocycles. The molecule has 0 bridgehead atoms. The number of carbonyl (C=O) groups is 2. The Balaban J connectivity index is 1.78. The number of esters is 1. The fraction of sp³-hybridized carbons (Fsp3) is 0.211. The highest BCUT2D eigenvalue weighted by atomic mass is 16.5. The predicted octanol–water partition coefficient (Wildman–Crippen LogP) is 1.94. The van der Waals surface area contributed by atoms with Gasteiger partial charge in [-0.15, -0.1) is 0 Å². The average molecular weight is 354 g/mol. The molecule has 3 N–H and O–H groups in total. The van der Waals surface area contributed by atoms with Crippen LogP contribution >= 0.6 is 0 Å². The lowest BCUT2D eigenvalue weighted by atomic mass is 10.1. The van der Waals surface area contributed by atoms with Crippen molar-refractivity contribution in [3.63, 3.8) is 0 Å². The number of nitrogens with one attached hydrogen (secondary N) is 1. The Morgan fingerprint density at radius 1 is 1.27 bits per heavy atom. The maximum Gasteiger partial charge on any atom is 0.356 e. The minimum absolute atomic E-state index is 0.276. The van der Waals surface area contributed by atoms with Crippen molar-refractivity contribution in [2.24, 2.45) is 5.73 Å². The van der Waals surface area contributed by atoms with Crippen molar-refractivity contribution in [2.45, 2.75) is 13.3 Å². The van der Waals surface area contributed by atoms with Crippen molar-refractivity contribution < 1.29 is 23.3 Å². The van der Waals surface area contributed by atoms with Crippen LogP contribution in [0.25, 0.3) is 17.4 Å². The van der Waals surface area contributed by atoms with Gasteiger partial charge in [0.05, 0.1) is 19.2 Å². The van der Waals surface area contributed by atoms with Crippen molar-refractivity contribution >= 4 is 23.9 Å². The van der Waals surface area contributed by atoms with Gasteiger partial charge in [-0.05, 0) is 30.7 Å². The summed E-state index contributed by atoms with van der Waals surface area (Å²) < 4.78 is 12.4. The van der Waals surface area contributed by atoms with Crippen molar-refractivity contribution in [2.75, 3.05) is 13.7 Å². The van der Waals surface area contributed by atoms with Crippen molar-refractivity contribution in [1.82, 2.24) is 5.32 Å². The lowest BCUT2D eigenvalue weighted by Crippen LogP contribution is -2.32. The normalized spacial score (nSPS) is 15.5. The quantitative estimate of drug-likeness (QED) is 0.486. The van der Waals surface area contributed by atoms with E-state index in [2.05, 4.69) is 5.32 Å². The van der Waals surface area contributed by atoms with Gasteiger partial charge in [-0.3, -0.25) is 5.73 Å². The molecule has 0 radical (unpaired) electrons. The molecular weight excluding hydrogens is 334 g/mol. The van der Waals surface area contributed by atoms with Gasteiger partial charge in [-0.2, -0.15) is 0 Å². The predicted molar refractivity (Wildman–Crippen MR) is 96.2 cm³/mol. The molecule has 7 nitrogen and oxygen atoms in total. The lowest BCUT2D eigenvalue weighted by Gasteiger charge is -2.03. The van der Waals surface area contributed by atoms with Gasteiger partial charge >= 0.3 is 17.8 Å². The number of guanidine groups is 1. The van der Waals surface area contributed by atoms with Crippen LogP contribution in [-0.4, -0.2) is 36.1 Å². The highest BCUT2D eigenvalue weighted by Gasteiger charge is 2.29. The van der Waals surface area contributed by atoms with E-state index in [0.717, 1.165) is 12.0 Å². The number of likely N-dealkylation sites (N-methyl/N-ethyl adjacent to an activating group) is 1.